The summed E-state index contributed by atoms with van der Waals surface area (Å²) in [5.74, 6) is 0.554. The molecule has 9 heteroatoms. The number of para-hydroxylation sites is 2. The maximum Gasteiger partial charge on any atom is 0.271 e. The normalized spacial score (nSPS) is 21.2. The van der Waals surface area contributed by atoms with E-state index in [1.54, 1.807) is 41.6 Å². The molecule has 0 spiro atoms. The second-order valence-corrected chi connectivity index (χ2v) is 8.03. The Bertz CT molecular complexity index is 1540. The van der Waals surface area contributed by atoms with E-state index >= 15 is 0 Å². The summed E-state index contributed by atoms with van der Waals surface area (Å²) in [6.07, 6.45) is 5.88. The minimum atomic E-state index is -1.55. The number of hydrogen-bond donors (Lipinski definition) is 1. The van der Waals surface area contributed by atoms with Gasteiger partial charge in [0.25, 0.3) is 5.91 Å². The van der Waals surface area contributed by atoms with E-state index in [4.69, 9.17) is 9.98 Å². The molecule has 9 nitrogen and oxygen atoms in total. The van der Waals surface area contributed by atoms with E-state index in [0.29, 0.717) is 29.0 Å². The van der Waals surface area contributed by atoms with Crippen molar-refractivity contribution in [3.63, 3.8) is 0 Å². The number of aliphatic imine (C=N–C) groups is 2. The highest BCUT2D eigenvalue weighted by Gasteiger charge is 2.57. The van der Waals surface area contributed by atoms with Gasteiger partial charge < -0.3 is 0 Å². The first kappa shape index (κ1) is 20.7. The van der Waals surface area contributed by atoms with Gasteiger partial charge in [-0.15, -0.1) is 0 Å². The Morgan fingerprint density at radius 1 is 1.06 bits per heavy atom. The van der Waals surface area contributed by atoms with Crippen molar-refractivity contribution in [3.8, 4) is 0 Å². The van der Waals surface area contributed by atoms with Crippen molar-refractivity contribution in [1.29, 1.82) is 0 Å². The lowest BCUT2D eigenvalue weighted by molar-refractivity contribution is -0.132. The number of guanidine groups is 1. The molecular weight excluding hydrogens is 440 g/mol. The van der Waals surface area contributed by atoms with Gasteiger partial charge in [0, 0.05) is 12.4 Å². The van der Waals surface area contributed by atoms with Crippen molar-refractivity contribution in [1.82, 2.24) is 24.4 Å². The fourth-order valence-electron chi connectivity index (χ4n) is 4.68. The first-order chi connectivity index (χ1) is 17.2. The van der Waals surface area contributed by atoms with Crippen LogP contribution in [0.3, 0.4) is 0 Å². The first-order valence-electron chi connectivity index (χ1n) is 11.0. The van der Waals surface area contributed by atoms with Crippen LogP contribution in [-0.2, 0) is 10.3 Å². The highest BCUT2D eigenvalue weighted by atomic mass is 16.2. The fraction of sp³-hybridized carbons (Fsp3) is 0.0769. The van der Waals surface area contributed by atoms with Crippen molar-refractivity contribution < 1.29 is 4.79 Å². The van der Waals surface area contributed by atoms with Gasteiger partial charge in [0.2, 0.25) is 17.4 Å². The van der Waals surface area contributed by atoms with Gasteiger partial charge in [-0.3, -0.25) is 34.5 Å². The fourth-order valence-corrected chi connectivity index (χ4v) is 4.68. The number of pyridine rings is 2. The Kier molecular flexibility index (Phi) is 4.63. The molecule has 0 fully saturated rings. The first-order valence-corrected chi connectivity index (χ1v) is 11.0. The summed E-state index contributed by atoms with van der Waals surface area (Å²) in [6, 6.07) is 18.7. The number of nitrogens with one attached hydrogen (secondary N) is 1. The maximum atomic E-state index is 14.5. The van der Waals surface area contributed by atoms with Gasteiger partial charge in [-0.2, -0.15) is 0 Å². The van der Waals surface area contributed by atoms with Gasteiger partial charge in [0.1, 0.15) is 0 Å². The molecule has 1 aromatic carbocycles. The number of imidazole rings is 1. The van der Waals surface area contributed by atoms with Crippen LogP contribution in [0.15, 0.2) is 107 Å². The standard InChI is InChI=1S/C26H20N8O/c1-3-10-20(27-2)26(21-14-7-9-16-29-21)23(35)34-22(18-12-6-8-15-28-18)33-19-13-5-4-11-17(19)30-24(33)31-25(34)32-26/h3-16,22H,1-2H2,(H,30,31,32)/b20-10-. The van der Waals surface area contributed by atoms with Crippen LogP contribution >= 0.6 is 0 Å². The Hall–Kier alpha value is -4.92. The van der Waals surface area contributed by atoms with Crippen LogP contribution in [0.25, 0.3) is 11.0 Å². The van der Waals surface area contributed by atoms with Crippen LogP contribution < -0.4 is 5.32 Å². The van der Waals surface area contributed by atoms with E-state index in [-0.39, 0.29) is 5.91 Å². The topological polar surface area (TPSA) is 101 Å². The summed E-state index contributed by atoms with van der Waals surface area (Å²) in [7, 11) is 0. The molecule has 0 radical (unpaired) electrons. The average Bonchev–Trinajstić information content (AvgIpc) is 3.42. The lowest BCUT2D eigenvalue weighted by Gasteiger charge is -2.36. The zero-order valence-corrected chi connectivity index (χ0v) is 18.6. The quantitative estimate of drug-likeness (QED) is 0.362. The number of allylic oxidation sites excluding steroid dienone is 2. The van der Waals surface area contributed by atoms with Crippen LogP contribution in [-0.4, -0.2) is 43.0 Å². The smallest absolute Gasteiger partial charge is 0.271 e. The third-order valence-corrected chi connectivity index (χ3v) is 6.14. The third kappa shape index (κ3) is 2.88. The molecule has 3 aromatic heterocycles. The molecule has 35 heavy (non-hydrogen) atoms. The largest absolute Gasteiger partial charge is 0.295 e. The molecule has 1 amide bonds. The van der Waals surface area contributed by atoms with Gasteiger partial charge in [-0.1, -0.05) is 36.9 Å². The predicted molar refractivity (Wildman–Crippen MR) is 134 cm³/mol. The van der Waals surface area contributed by atoms with E-state index in [0.717, 1.165) is 11.0 Å². The van der Waals surface area contributed by atoms with Crippen molar-refractivity contribution in [2.75, 3.05) is 5.32 Å². The van der Waals surface area contributed by atoms with Gasteiger partial charge in [-0.25, -0.2) is 9.98 Å². The number of amides is 1. The number of fused-ring (bicyclic) bond motifs is 4. The minimum Gasteiger partial charge on any atom is -0.295 e. The number of benzene rings is 1. The van der Waals surface area contributed by atoms with Crippen molar-refractivity contribution >= 4 is 35.6 Å². The molecule has 0 saturated heterocycles. The lowest BCUT2D eigenvalue weighted by Crippen LogP contribution is -2.50. The molecule has 2 atom stereocenters. The zero-order valence-electron chi connectivity index (χ0n) is 18.6. The molecule has 170 valence electrons. The molecule has 2 aliphatic rings. The highest BCUT2D eigenvalue weighted by Crippen LogP contribution is 2.45. The number of carbonyl (C=O) groups is 1. The maximum absolute atomic E-state index is 14.5. The van der Waals surface area contributed by atoms with Crippen molar-refractivity contribution in [3.05, 3.63) is 109 Å². The van der Waals surface area contributed by atoms with Gasteiger partial charge in [-0.05, 0) is 49.2 Å². The summed E-state index contributed by atoms with van der Waals surface area (Å²) < 4.78 is 1.96. The summed E-state index contributed by atoms with van der Waals surface area (Å²) in [4.78, 5) is 39.0. The van der Waals surface area contributed by atoms with E-state index in [1.807, 2.05) is 53.1 Å². The van der Waals surface area contributed by atoms with Crippen LogP contribution in [0.2, 0.25) is 0 Å². The molecule has 0 saturated carbocycles. The monoisotopic (exact) mass is 460 g/mol. The van der Waals surface area contributed by atoms with Gasteiger partial charge in [0.15, 0.2) is 6.17 Å². The molecule has 6 rings (SSSR count). The predicted octanol–water partition coefficient (Wildman–Crippen LogP) is 3.66. The van der Waals surface area contributed by atoms with E-state index in [2.05, 4.69) is 33.6 Å². The number of carbonyl (C=O) groups excluding carboxylic acids is 1. The number of rotatable bonds is 5. The van der Waals surface area contributed by atoms with Gasteiger partial charge >= 0.3 is 0 Å². The Labute approximate surface area is 200 Å². The summed E-state index contributed by atoms with van der Waals surface area (Å²) >= 11 is 0. The molecule has 5 heterocycles. The van der Waals surface area contributed by atoms with E-state index in [9.17, 15) is 4.79 Å². The molecule has 2 unspecified atom stereocenters. The molecule has 0 bridgehead atoms. The van der Waals surface area contributed by atoms with Crippen LogP contribution in [0, 0.1) is 0 Å². The second kappa shape index (κ2) is 7.84. The van der Waals surface area contributed by atoms with Crippen LogP contribution in [0.4, 0.5) is 5.95 Å². The Morgan fingerprint density at radius 3 is 2.54 bits per heavy atom. The molecule has 0 aliphatic carbocycles. The zero-order chi connectivity index (χ0) is 24.0. The Morgan fingerprint density at radius 2 is 1.83 bits per heavy atom. The molecule has 4 aromatic rings. The van der Waals surface area contributed by atoms with Crippen molar-refractivity contribution in [2.24, 2.45) is 9.98 Å². The molecule has 2 aliphatic heterocycles. The van der Waals surface area contributed by atoms with Crippen LogP contribution in [0.5, 0.6) is 0 Å². The minimum absolute atomic E-state index is 0.321. The SMILES string of the molecule is C=C/C=C(\N=C)C1(c2ccccn2)N=C2Nc3nc4ccccc4n3C(c3ccccn3)N2C1=O. The number of hydrogen-bond acceptors (Lipinski definition) is 7. The van der Waals surface area contributed by atoms with Crippen LogP contribution in [0.1, 0.15) is 17.6 Å². The number of anilines is 1. The second-order valence-electron chi connectivity index (χ2n) is 8.03. The summed E-state index contributed by atoms with van der Waals surface area (Å²) in [5, 5.41) is 3.26. The molecule has 1 N–H and O–H groups in total. The number of aromatic nitrogens is 4. The summed E-state index contributed by atoms with van der Waals surface area (Å²) in [5.41, 5.74) is 1.51. The van der Waals surface area contributed by atoms with E-state index < -0.39 is 11.7 Å². The highest BCUT2D eigenvalue weighted by molar-refractivity contribution is 6.15. The van der Waals surface area contributed by atoms with Crippen molar-refractivity contribution in [2.45, 2.75) is 11.7 Å². The lowest BCUT2D eigenvalue weighted by atomic mass is 9.89. The van der Waals surface area contributed by atoms with Gasteiger partial charge in [0.05, 0.1) is 28.1 Å². The summed E-state index contributed by atoms with van der Waals surface area (Å²) in [6.45, 7) is 7.49. The number of nitrogens with zero attached hydrogens (tertiary/aromatic N) is 7. The Balaban J connectivity index is 1.64. The molecular formula is C26H20N8O. The third-order valence-electron chi connectivity index (χ3n) is 6.14. The van der Waals surface area contributed by atoms with E-state index in [1.165, 1.54) is 0 Å². The average molecular weight is 461 g/mol.